The third kappa shape index (κ3) is 6.81. The lowest BCUT2D eigenvalue weighted by molar-refractivity contribution is -0.0449. The molecule has 2 heterocycles. The summed E-state index contributed by atoms with van der Waals surface area (Å²) in [4.78, 5) is 50.5. The predicted molar refractivity (Wildman–Crippen MR) is 87.3 cm³/mol. The van der Waals surface area contributed by atoms with Crippen LogP contribution in [0.25, 0.3) is 0 Å². The molecule has 1 fully saturated rings. The maximum Gasteiger partial charge on any atom is 0.490 e. The number of anilines is 1. The van der Waals surface area contributed by atoms with Crippen LogP contribution in [0.4, 0.5) is 5.82 Å². The van der Waals surface area contributed by atoms with E-state index in [0.717, 1.165) is 4.57 Å². The fourth-order valence-corrected chi connectivity index (χ4v) is 5.18. The summed E-state index contributed by atoms with van der Waals surface area (Å²) in [5.74, 6) is -0.0380. The average molecular weight is 467 g/mol. The Bertz CT molecular complexity index is 914. The molecule has 0 aromatic carbocycles. The van der Waals surface area contributed by atoms with E-state index in [1.54, 1.807) is 0 Å². The van der Waals surface area contributed by atoms with Gasteiger partial charge in [0.2, 0.25) is 0 Å². The molecule has 1 aliphatic heterocycles. The van der Waals surface area contributed by atoms with Crippen LogP contribution in [0.3, 0.4) is 0 Å². The highest BCUT2D eigenvalue weighted by atomic mass is 31.3. The van der Waals surface area contributed by atoms with Gasteiger partial charge in [-0.15, -0.1) is 0 Å². The zero-order valence-electron chi connectivity index (χ0n) is 13.6. The standard InChI is InChI=1S/C9H16N3O13P3/c10-7-1-2-12(9(14)11-7)8-3-5(13)6(23-8)4-22-27(18,19)25-28(20,21)24-26(15,16)17/h1-2,5-6,8,13H,3-4H2,(H,18,19)(H,20,21)(H2,10,11,14)(H2,15,16,17)/t5-,6?,8?/m1/s1. The molecule has 2 rings (SSSR count). The molecule has 19 heteroatoms. The van der Waals surface area contributed by atoms with Crippen molar-refractivity contribution < 1.29 is 56.3 Å². The van der Waals surface area contributed by atoms with E-state index < -0.39 is 54.2 Å². The van der Waals surface area contributed by atoms with Crippen molar-refractivity contribution in [1.29, 1.82) is 0 Å². The quantitative estimate of drug-likeness (QED) is 0.246. The summed E-state index contributed by atoms with van der Waals surface area (Å²) >= 11 is 0. The number of hydrogen-bond donors (Lipinski definition) is 6. The summed E-state index contributed by atoms with van der Waals surface area (Å²) in [5, 5.41) is 9.94. The second kappa shape index (κ2) is 8.40. The first kappa shape index (κ1) is 23.3. The third-order valence-electron chi connectivity index (χ3n) is 3.18. The summed E-state index contributed by atoms with van der Waals surface area (Å²) in [6, 6.07) is 1.30. The molecule has 160 valence electrons. The molecule has 1 saturated heterocycles. The molecular weight excluding hydrogens is 451 g/mol. The molecule has 1 aromatic heterocycles. The Hall–Kier alpha value is -0.990. The van der Waals surface area contributed by atoms with E-state index in [2.05, 4.69) is 18.1 Å². The number of phosphoric ester groups is 1. The van der Waals surface area contributed by atoms with Crippen molar-refractivity contribution in [2.45, 2.75) is 24.9 Å². The first-order valence-corrected chi connectivity index (χ1v) is 11.7. The van der Waals surface area contributed by atoms with E-state index in [9.17, 15) is 28.5 Å². The molecule has 0 bridgehead atoms. The first-order valence-electron chi connectivity index (χ1n) is 7.14. The summed E-state index contributed by atoms with van der Waals surface area (Å²) < 4.78 is 51.2. The number of nitrogens with zero attached hydrogens (tertiary/aromatic N) is 2. The number of aromatic nitrogens is 2. The number of nitrogens with two attached hydrogens (primary N) is 1. The van der Waals surface area contributed by atoms with Crippen LogP contribution in [0.2, 0.25) is 0 Å². The van der Waals surface area contributed by atoms with Crippen LogP contribution in [-0.4, -0.2) is 53.0 Å². The van der Waals surface area contributed by atoms with Crippen LogP contribution in [0.15, 0.2) is 17.1 Å². The van der Waals surface area contributed by atoms with Crippen molar-refractivity contribution >= 4 is 29.3 Å². The molecule has 0 spiro atoms. The van der Waals surface area contributed by atoms with E-state index >= 15 is 0 Å². The zero-order valence-corrected chi connectivity index (χ0v) is 16.3. The van der Waals surface area contributed by atoms with Crippen molar-refractivity contribution in [3.05, 3.63) is 22.7 Å². The zero-order chi connectivity index (χ0) is 21.3. The van der Waals surface area contributed by atoms with Crippen molar-refractivity contribution in [2.75, 3.05) is 12.3 Å². The van der Waals surface area contributed by atoms with Crippen LogP contribution >= 0.6 is 23.5 Å². The Kier molecular flexibility index (Phi) is 6.99. The lowest BCUT2D eigenvalue weighted by Crippen LogP contribution is -2.28. The fourth-order valence-electron chi connectivity index (χ4n) is 2.15. The summed E-state index contributed by atoms with van der Waals surface area (Å²) in [5.41, 5.74) is 4.58. The molecular formula is C9H16N3O13P3. The molecule has 7 N–H and O–H groups in total. The Morgan fingerprint density at radius 1 is 1.21 bits per heavy atom. The molecule has 0 radical (unpaired) electrons. The molecule has 16 nitrogen and oxygen atoms in total. The van der Waals surface area contributed by atoms with Gasteiger partial charge in [-0.2, -0.15) is 13.6 Å². The maximum absolute atomic E-state index is 11.8. The van der Waals surface area contributed by atoms with Gasteiger partial charge in [0.1, 0.15) is 18.1 Å². The molecule has 0 saturated carbocycles. The third-order valence-corrected chi connectivity index (χ3v) is 6.99. The second-order valence-corrected chi connectivity index (χ2v) is 9.78. The highest BCUT2D eigenvalue weighted by molar-refractivity contribution is 7.66. The van der Waals surface area contributed by atoms with E-state index in [-0.39, 0.29) is 12.2 Å². The Labute approximate surface area is 155 Å². The minimum absolute atomic E-state index is 0.0380. The molecule has 0 aliphatic carbocycles. The van der Waals surface area contributed by atoms with Crippen molar-refractivity contribution in [3.63, 3.8) is 0 Å². The number of aliphatic hydroxyl groups is 1. The molecule has 4 unspecified atom stereocenters. The number of nitrogen functional groups attached to an aromatic ring is 1. The van der Waals surface area contributed by atoms with Gasteiger partial charge < -0.3 is 35.2 Å². The smallest absolute Gasteiger partial charge is 0.390 e. The maximum atomic E-state index is 11.8. The molecule has 1 aromatic rings. The molecule has 28 heavy (non-hydrogen) atoms. The number of hydrogen-bond acceptors (Lipinski definition) is 11. The van der Waals surface area contributed by atoms with E-state index in [4.69, 9.17) is 25.2 Å². The van der Waals surface area contributed by atoms with E-state index in [1.165, 1.54) is 12.3 Å². The lowest BCUT2D eigenvalue weighted by atomic mass is 10.2. The van der Waals surface area contributed by atoms with Crippen molar-refractivity contribution in [3.8, 4) is 0 Å². The van der Waals surface area contributed by atoms with Crippen LogP contribution in [0.5, 0.6) is 0 Å². The van der Waals surface area contributed by atoms with Crippen LogP contribution in [-0.2, 0) is 31.6 Å². The topological polar surface area (TPSA) is 250 Å². The molecule has 1 aliphatic rings. The number of ether oxygens (including phenoxy) is 1. The normalized spacial score (nSPS) is 27.2. The van der Waals surface area contributed by atoms with Crippen molar-refractivity contribution in [1.82, 2.24) is 9.55 Å². The lowest BCUT2D eigenvalue weighted by Gasteiger charge is -2.19. The second-order valence-electron chi connectivity index (χ2n) is 5.36. The number of phosphoric acid groups is 3. The van der Waals surface area contributed by atoms with Gasteiger partial charge in [0.05, 0.1) is 12.7 Å². The monoisotopic (exact) mass is 467 g/mol. The van der Waals surface area contributed by atoms with Gasteiger partial charge in [-0.05, 0) is 6.07 Å². The van der Waals surface area contributed by atoms with Gasteiger partial charge in [0.15, 0.2) is 0 Å². The van der Waals surface area contributed by atoms with Gasteiger partial charge in [-0.25, -0.2) is 18.5 Å². The first-order chi connectivity index (χ1) is 12.7. The highest BCUT2D eigenvalue weighted by Gasteiger charge is 2.42. The summed E-state index contributed by atoms with van der Waals surface area (Å²) in [7, 11) is -16.5. The average Bonchev–Trinajstić information content (AvgIpc) is 2.82. The molecule has 0 amide bonds. The SMILES string of the molecule is Nc1ccn(C2C[C@@H](O)C(COP(=O)(O)OP(=O)(O)OP(=O)(O)O)O2)c(=O)n1. The van der Waals surface area contributed by atoms with Crippen LogP contribution in [0.1, 0.15) is 12.6 Å². The van der Waals surface area contributed by atoms with Crippen LogP contribution in [0, 0.1) is 0 Å². The molecule has 5 atom stereocenters. The number of rotatable bonds is 8. The Morgan fingerprint density at radius 2 is 1.86 bits per heavy atom. The van der Waals surface area contributed by atoms with Gasteiger partial charge >= 0.3 is 29.2 Å². The fraction of sp³-hybridized carbons (Fsp3) is 0.556. The van der Waals surface area contributed by atoms with E-state index in [1.807, 2.05) is 0 Å². The van der Waals surface area contributed by atoms with Gasteiger partial charge in [0.25, 0.3) is 0 Å². The minimum atomic E-state index is -5.65. The Morgan fingerprint density at radius 3 is 2.43 bits per heavy atom. The van der Waals surface area contributed by atoms with Crippen molar-refractivity contribution in [2.24, 2.45) is 0 Å². The van der Waals surface area contributed by atoms with Gasteiger partial charge in [0, 0.05) is 12.6 Å². The van der Waals surface area contributed by atoms with Gasteiger partial charge in [-0.1, -0.05) is 0 Å². The van der Waals surface area contributed by atoms with Crippen LogP contribution < -0.4 is 11.4 Å². The van der Waals surface area contributed by atoms with Gasteiger partial charge in [-0.3, -0.25) is 9.09 Å². The number of aliphatic hydroxyl groups excluding tert-OH is 1. The minimum Gasteiger partial charge on any atom is -0.390 e. The summed E-state index contributed by atoms with van der Waals surface area (Å²) in [6.07, 6.45) is -2.42. The largest absolute Gasteiger partial charge is 0.490 e. The Balaban J connectivity index is 1.98. The summed E-state index contributed by atoms with van der Waals surface area (Å²) in [6.45, 7) is -0.849. The predicted octanol–water partition coefficient (Wildman–Crippen LogP) is -1.18. The van der Waals surface area contributed by atoms with E-state index in [0.29, 0.717) is 0 Å². The highest BCUT2D eigenvalue weighted by Crippen LogP contribution is 2.66.